The molecule has 0 saturated heterocycles. The molecule has 0 aliphatic rings. The summed E-state index contributed by atoms with van der Waals surface area (Å²) >= 11 is 3.55. The minimum Gasteiger partial charge on any atom is -0.497 e. The molecule has 0 spiro atoms. The summed E-state index contributed by atoms with van der Waals surface area (Å²) < 4.78 is 12.3. The number of hydrogen-bond acceptors (Lipinski definition) is 3. The number of para-hydroxylation sites is 1. The zero-order valence-corrected chi connectivity index (χ0v) is 14.1. The van der Waals surface area contributed by atoms with E-state index in [1.807, 2.05) is 43.4 Å². The lowest BCUT2D eigenvalue weighted by Gasteiger charge is -2.17. The first-order valence-electron chi connectivity index (χ1n) is 6.87. The van der Waals surface area contributed by atoms with Gasteiger partial charge in [0.1, 0.15) is 18.1 Å². The molecule has 0 aliphatic heterocycles. The molecule has 1 unspecified atom stereocenters. The van der Waals surface area contributed by atoms with Crippen LogP contribution in [0.4, 0.5) is 0 Å². The Hall–Kier alpha value is -1.52. The van der Waals surface area contributed by atoms with E-state index in [1.54, 1.807) is 7.11 Å². The summed E-state index contributed by atoms with van der Waals surface area (Å²) in [6, 6.07) is 14.2. The second kappa shape index (κ2) is 7.48. The molecule has 0 radical (unpaired) electrons. The molecule has 0 bridgehead atoms. The van der Waals surface area contributed by atoms with E-state index in [0.717, 1.165) is 27.1 Å². The summed E-state index contributed by atoms with van der Waals surface area (Å²) in [7, 11) is 3.61. The lowest BCUT2D eigenvalue weighted by atomic mass is 10.1. The van der Waals surface area contributed by atoms with E-state index in [4.69, 9.17) is 9.47 Å². The van der Waals surface area contributed by atoms with E-state index >= 15 is 0 Å². The average molecular weight is 350 g/mol. The van der Waals surface area contributed by atoms with Crippen LogP contribution in [-0.4, -0.2) is 14.2 Å². The number of rotatable bonds is 6. The molecule has 2 aromatic carbocycles. The standard InChI is InChI=1S/C17H20BrNO2/c1-12(19-2)15-6-4-5-7-17(15)21-11-13-10-14(20-3)8-9-16(13)18/h4-10,12,19H,11H2,1-3H3. The van der Waals surface area contributed by atoms with Gasteiger partial charge in [0, 0.05) is 21.6 Å². The quantitative estimate of drug-likeness (QED) is 0.842. The first kappa shape index (κ1) is 15.9. The Bertz CT molecular complexity index is 601. The Morgan fingerprint density at radius 2 is 1.95 bits per heavy atom. The maximum absolute atomic E-state index is 6.00. The van der Waals surface area contributed by atoms with Crippen LogP contribution in [0.2, 0.25) is 0 Å². The molecule has 0 aromatic heterocycles. The van der Waals surface area contributed by atoms with Gasteiger partial charge in [0.25, 0.3) is 0 Å². The van der Waals surface area contributed by atoms with Gasteiger partial charge in [-0.05, 0) is 38.2 Å². The van der Waals surface area contributed by atoms with Crippen LogP contribution in [-0.2, 0) is 6.61 Å². The van der Waals surface area contributed by atoms with E-state index in [-0.39, 0.29) is 6.04 Å². The largest absolute Gasteiger partial charge is 0.497 e. The Morgan fingerprint density at radius 1 is 1.19 bits per heavy atom. The zero-order valence-electron chi connectivity index (χ0n) is 12.5. The molecule has 1 N–H and O–H groups in total. The number of methoxy groups -OCH3 is 1. The number of ether oxygens (including phenoxy) is 2. The highest BCUT2D eigenvalue weighted by Crippen LogP contribution is 2.28. The van der Waals surface area contributed by atoms with E-state index in [2.05, 4.69) is 34.2 Å². The number of halogens is 1. The highest BCUT2D eigenvalue weighted by molar-refractivity contribution is 9.10. The van der Waals surface area contributed by atoms with Crippen molar-refractivity contribution >= 4 is 15.9 Å². The normalized spacial score (nSPS) is 12.0. The van der Waals surface area contributed by atoms with Crippen LogP contribution in [0, 0.1) is 0 Å². The SMILES string of the molecule is CNC(C)c1ccccc1OCc1cc(OC)ccc1Br. The molecular weight excluding hydrogens is 330 g/mol. The van der Waals surface area contributed by atoms with E-state index in [9.17, 15) is 0 Å². The molecule has 112 valence electrons. The predicted octanol–water partition coefficient (Wildman–Crippen LogP) is 4.32. The van der Waals surface area contributed by atoms with Gasteiger partial charge in [-0.15, -0.1) is 0 Å². The lowest BCUT2D eigenvalue weighted by Crippen LogP contribution is -2.13. The highest BCUT2D eigenvalue weighted by Gasteiger charge is 2.10. The molecule has 4 heteroatoms. The van der Waals surface area contributed by atoms with Crippen molar-refractivity contribution in [2.75, 3.05) is 14.2 Å². The molecule has 1 atom stereocenters. The van der Waals surface area contributed by atoms with Crippen LogP contribution in [0.3, 0.4) is 0 Å². The lowest BCUT2D eigenvalue weighted by molar-refractivity contribution is 0.298. The molecule has 0 aliphatic carbocycles. The number of benzene rings is 2. The first-order valence-corrected chi connectivity index (χ1v) is 7.66. The molecule has 2 aromatic rings. The van der Waals surface area contributed by atoms with Crippen molar-refractivity contribution in [3.63, 3.8) is 0 Å². The summed E-state index contributed by atoms with van der Waals surface area (Å²) in [4.78, 5) is 0. The van der Waals surface area contributed by atoms with Crippen molar-refractivity contribution in [3.05, 3.63) is 58.1 Å². The molecular formula is C17H20BrNO2. The van der Waals surface area contributed by atoms with E-state index in [1.165, 1.54) is 0 Å². The molecule has 21 heavy (non-hydrogen) atoms. The average Bonchev–Trinajstić information content (AvgIpc) is 2.53. The fourth-order valence-corrected chi connectivity index (χ4v) is 2.43. The van der Waals surface area contributed by atoms with Crippen molar-refractivity contribution in [3.8, 4) is 11.5 Å². The van der Waals surface area contributed by atoms with Gasteiger partial charge in [-0.25, -0.2) is 0 Å². The monoisotopic (exact) mass is 349 g/mol. The van der Waals surface area contributed by atoms with Crippen molar-refractivity contribution in [2.45, 2.75) is 19.6 Å². The molecule has 0 fully saturated rings. The Balaban J connectivity index is 2.17. The fourth-order valence-electron chi connectivity index (χ4n) is 2.07. The summed E-state index contributed by atoms with van der Waals surface area (Å²) in [6.45, 7) is 2.61. The fraction of sp³-hybridized carbons (Fsp3) is 0.294. The third kappa shape index (κ3) is 3.99. The van der Waals surface area contributed by atoms with Crippen LogP contribution in [0.5, 0.6) is 11.5 Å². The van der Waals surface area contributed by atoms with Gasteiger partial charge in [-0.2, -0.15) is 0 Å². The van der Waals surface area contributed by atoms with Crippen molar-refractivity contribution in [2.24, 2.45) is 0 Å². The van der Waals surface area contributed by atoms with Crippen molar-refractivity contribution < 1.29 is 9.47 Å². The Kier molecular flexibility index (Phi) is 5.65. The highest BCUT2D eigenvalue weighted by atomic mass is 79.9. The third-order valence-corrected chi connectivity index (χ3v) is 4.23. The van der Waals surface area contributed by atoms with E-state index < -0.39 is 0 Å². The van der Waals surface area contributed by atoms with Crippen LogP contribution in [0.1, 0.15) is 24.1 Å². The summed E-state index contributed by atoms with van der Waals surface area (Å²) in [5, 5.41) is 3.24. The van der Waals surface area contributed by atoms with Gasteiger partial charge in [0.05, 0.1) is 7.11 Å². The Labute approximate surface area is 134 Å². The van der Waals surface area contributed by atoms with Crippen LogP contribution >= 0.6 is 15.9 Å². The zero-order chi connectivity index (χ0) is 15.2. The number of nitrogens with one attached hydrogen (secondary N) is 1. The smallest absolute Gasteiger partial charge is 0.124 e. The van der Waals surface area contributed by atoms with Crippen LogP contribution in [0.15, 0.2) is 46.9 Å². The summed E-state index contributed by atoms with van der Waals surface area (Å²) in [5.41, 5.74) is 2.21. The van der Waals surface area contributed by atoms with Gasteiger partial charge in [-0.3, -0.25) is 0 Å². The topological polar surface area (TPSA) is 30.5 Å². The second-order valence-electron chi connectivity index (χ2n) is 4.79. The maximum Gasteiger partial charge on any atom is 0.124 e. The molecule has 0 saturated carbocycles. The predicted molar refractivity (Wildman–Crippen MR) is 88.9 cm³/mol. The maximum atomic E-state index is 6.00. The van der Waals surface area contributed by atoms with Gasteiger partial charge in [0.15, 0.2) is 0 Å². The second-order valence-corrected chi connectivity index (χ2v) is 5.65. The van der Waals surface area contributed by atoms with Gasteiger partial charge < -0.3 is 14.8 Å². The van der Waals surface area contributed by atoms with Gasteiger partial charge in [-0.1, -0.05) is 34.1 Å². The molecule has 0 amide bonds. The summed E-state index contributed by atoms with van der Waals surface area (Å²) in [5.74, 6) is 1.72. The van der Waals surface area contributed by atoms with E-state index in [0.29, 0.717) is 6.61 Å². The minimum atomic E-state index is 0.245. The first-order chi connectivity index (χ1) is 10.2. The molecule has 2 rings (SSSR count). The van der Waals surface area contributed by atoms with Crippen molar-refractivity contribution in [1.29, 1.82) is 0 Å². The van der Waals surface area contributed by atoms with Crippen molar-refractivity contribution in [1.82, 2.24) is 5.32 Å². The minimum absolute atomic E-state index is 0.245. The van der Waals surface area contributed by atoms with Gasteiger partial charge in [0.2, 0.25) is 0 Å². The molecule has 3 nitrogen and oxygen atoms in total. The van der Waals surface area contributed by atoms with Gasteiger partial charge >= 0.3 is 0 Å². The molecule has 0 heterocycles. The van der Waals surface area contributed by atoms with Crippen LogP contribution in [0.25, 0.3) is 0 Å². The Morgan fingerprint density at radius 3 is 2.67 bits per heavy atom. The summed E-state index contributed by atoms with van der Waals surface area (Å²) in [6.07, 6.45) is 0. The van der Waals surface area contributed by atoms with Crippen LogP contribution < -0.4 is 14.8 Å². The third-order valence-electron chi connectivity index (χ3n) is 3.45. The number of hydrogen-bond donors (Lipinski definition) is 1.